The van der Waals surface area contributed by atoms with Gasteiger partial charge in [-0.1, -0.05) is 6.92 Å². The zero-order valence-electron chi connectivity index (χ0n) is 12.8. The van der Waals surface area contributed by atoms with Crippen molar-refractivity contribution in [2.45, 2.75) is 39.0 Å². The predicted octanol–water partition coefficient (Wildman–Crippen LogP) is 1.08. The molecule has 1 saturated heterocycles. The highest BCUT2D eigenvalue weighted by Gasteiger charge is 2.29. The van der Waals surface area contributed by atoms with E-state index in [9.17, 15) is 9.59 Å². The summed E-state index contributed by atoms with van der Waals surface area (Å²) in [5.74, 6) is 1.60. The molecule has 0 bridgehead atoms. The third kappa shape index (κ3) is 6.66. The predicted molar refractivity (Wildman–Crippen MR) is 85.4 cm³/mol. The third-order valence-electron chi connectivity index (χ3n) is 4.39. The van der Waals surface area contributed by atoms with E-state index in [1.54, 1.807) is 0 Å². The van der Waals surface area contributed by atoms with E-state index in [1.165, 1.54) is 12.8 Å². The Morgan fingerprint density at radius 1 is 1.10 bits per heavy atom. The van der Waals surface area contributed by atoms with Gasteiger partial charge in [0, 0.05) is 25.4 Å². The first-order chi connectivity index (χ1) is 9.66. The maximum Gasteiger partial charge on any atom is 0.223 e. The second-order valence-electron chi connectivity index (χ2n) is 6.18. The summed E-state index contributed by atoms with van der Waals surface area (Å²) in [5.41, 5.74) is 0. The minimum atomic E-state index is 0. The molecule has 2 amide bonds. The number of carbonyl (C=O) groups is 2. The molecule has 0 spiro atoms. The fourth-order valence-electron chi connectivity index (χ4n) is 2.82. The first kappa shape index (κ1) is 18.2. The van der Waals surface area contributed by atoms with Gasteiger partial charge in [-0.05, 0) is 50.6 Å². The lowest BCUT2D eigenvalue weighted by atomic mass is 9.84. The molecule has 5 nitrogen and oxygen atoms in total. The highest BCUT2D eigenvalue weighted by Crippen LogP contribution is 2.28. The molecule has 1 aliphatic heterocycles. The van der Waals surface area contributed by atoms with Crippen LogP contribution in [0.5, 0.6) is 0 Å². The largest absolute Gasteiger partial charge is 0.354 e. The van der Waals surface area contributed by atoms with Crippen molar-refractivity contribution in [2.24, 2.45) is 17.8 Å². The van der Waals surface area contributed by atoms with Crippen LogP contribution in [-0.2, 0) is 9.59 Å². The first-order valence-corrected chi connectivity index (χ1v) is 7.92. The summed E-state index contributed by atoms with van der Waals surface area (Å²) in [4.78, 5) is 23.3. The summed E-state index contributed by atoms with van der Waals surface area (Å²) in [7, 11) is 0. The molecule has 1 aliphatic carbocycles. The molecule has 1 heterocycles. The Hall–Kier alpha value is -0.810. The molecule has 0 aromatic heterocycles. The van der Waals surface area contributed by atoms with E-state index in [-0.39, 0.29) is 30.1 Å². The van der Waals surface area contributed by atoms with Crippen LogP contribution < -0.4 is 16.0 Å². The van der Waals surface area contributed by atoms with E-state index < -0.39 is 0 Å². The second kappa shape index (κ2) is 9.26. The smallest absolute Gasteiger partial charge is 0.223 e. The Labute approximate surface area is 133 Å². The van der Waals surface area contributed by atoms with Crippen LogP contribution in [0.1, 0.15) is 39.0 Å². The molecular formula is C15H28ClN3O2. The van der Waals surface area contributed by atoms with Crippen LogP contribution in [0.15, 0.2) is 0 Å². The normalized spacial score (nSPS) is 20.2. The topological polar surface area (TPSA) is 70.2 Å². The van der Waals surface area contributed by atoms with E-state index in [0.717, 1.165) is 25.9 Å². The molecule has 1 atom stereocenters. The van der Waals surface area contributed by atoms with Crippen LogP contribution in [0.4, 0.5) is 0 Å². The maximum absolute atomic E-state index is 11.8. The van der Waals surface area contributed by atoms with Gasteiger partial charge in [0.1, 0.15) is 0 Å². The Balaban J connectivity index is 0.00000220. The highest BCUT2D eigenvalue weighted by molar-refractivity contribution is 5.85. The first-order valence-electron chi connectivity index (χ1n) is 7.92. The van der Waals surface area contributed by atoms with Crippen molar-refractivity contribution >= 4 is 24.2 Å². The Kier molecular flexibility index (Phi) is 8.04. The van der Waals surface area contributed by atoms with Gasteiger partial charge in [-0.25, -0.2) is 0 Å². The third-order valence-corrected chi connectivity index (χ3v) is 4.39. The number of halogens is 1. The van der Waals surface area contributed by atoms with Crippen LogP contribution in [0, 0.1) is 17.8 Å². The molecule has 0 radical (unpaired) electrons. The van der Waals surface area contributed by atoms with Crippen LogP contribution in [0.3, 0.4) is 0 Å². The van der Waals surface area contributed by atoms with E-state index in [1.807, 2.05) is 0 Å². The van der Waals surface area contributed by atoms with Crippen molar-refractivity contribution in [1.29, 1.82) is 0 Å². The number of hydrogen-bond acceptors (Lipinski definition) is 3. The Morgan fingerprint density at radius 3 is 2.33 bits per heavy atom. The van der Waals surface area contributed by atoms with Gasteiger partial charge in [-0.2, -0.15) is 0 Å². The fourth-order valence-corrected chi connectivity index (χ4v) is 2.82. The molecular weight excluding hydrogens is 290 g/mol. The molecule has 3 N–H and O–H groups in total. The summed E-state index contributed by atoms with van der Waals surface area (Å²) >= 11 is 0. The van der Waals surface area contributed by atoms with Gasteiger partial charge in [-0.3, -0.25) is 9.59 Å². The van der Waals surface area contributed by atoms with Gasteiger partial charge in [0.05, 0.1) is 0 Å². The Morgan fingerprint density at radius 2 is 1.71 bits per heavy atom. The molecule has 2 aliphatic rings. The van der Waals surface area contributed by atoms with Gasteiger partial charge < -0.3 is 16.0 Å². The van der Waals surface area contributed by atoms with E-state index in [4.69, 9.17) is 0 Å². The molecule has 122 valence electrons. The number of amides is 2. The van der Waals surface area contributed by atoms with Crippen molar-refractivity contribution in [3.63, 3.8) is 0 Å². The molecule has 0 aromatic rings. The number of hydrogen-bond donors (Lipinski definition) is 3. The summed E-state index contributed by atoms with van der Waals surface area (Å²) in [6.07, 6.45) is 4.98. The monoisotopic (exact) mass is 317 g/mol. The molecule has 2 rings (SSSR count). The lowest BCUT2D eigenvalue weighted by Crippen LogP contribution is -2.37. The van der Waals surface area contributed by atoms with Crippen molar-refractivity contribution in [2.75, 3.05) is 26.2 Å². The standard InChI is InChI=1S/C15H27N3O2.ClH/c1-11(12-4-6-16-7-5-12)10-14(19)17-8-9-18-15(20)13-2-3-13;/h11-13,16H,2-10H2,1H3,(H,17,19)(H,18,20);1H. The highest BCUT2D eigenvalue weighted by atomic mass is 35.5. The van der Waals surface area contributed by atoms with E-state index >= 15 is 0 Å². The second-order valence-corrected chi connectivity index (χ2v) is 6.18. The van der Waals surface area contributed by atoms with Crippen molar-refractivity contribution in [1.82, 2.24) is 16.0 Å². The average Bonchev–Trinajstić information content (AvgIpc) is 3.29. The summed E-state index contributed by atoms with van der Waals surface area (Å²) in [6.45, 7) is 5.40. The van der Waals surface area contributed by atoms with Gasteiger partial charge in [0.25, 0.3) is 0 Å². The fraction of sp³-hybridized carbons (Fsp3) is 0.867. The summed E-state index contributed by atoms with van der Waals surface area (Å²) in [5, 5.41) is 9.10. The molecule has 1 saturated carbocycles. The maximum atomic E-state index is 11.8. The summed E-state index contributed by atoms with van der Waals surface area (Å²) in [6, 6.07) is 0. The lowest BCUT2D eigenvalue weighted by Gasteiger charge is -2.27. The van der Waals surface area contributed by atoms with Gasteiger partial charge >= 0.3 is 0 Å². The van der Waals surface area contributed by atoms with Crippen molar-refractivity contribution in [3.8, 4) is 0 Å². The van der Waals surface area contributed by atoms with Crippen LogP contribution in [-0.4, -0.2) is 38.0 Å². The zero-order valence-corrected chi connectivity index (χ0v) is 13.6. The Bertz CT molecular complexity index is 342. The number of rotatable bonds is 7. The zero-order chi connectivity index (χ0) is 14.4. The minimum absolute atomic E-state index is 0. The number of carbonyl (C=O) groups excluding carboxylic acids is 2. The van der Waals surface area contributed by atoms with E-state index in [2.05, 4.69) is 22.9 Å². The molecule has 21 heavy (non-hydrogen) atoms. The number of piperidine rings is 1. The average molecular weight is 318 g/mol. The van der Waals surface area contributed by atoms with Crippen LogP contribution in [0.25, 0.3) is 0 Å². The summed E-state index contributed by atoms with van der Waals surface area (Å²) < 4.78 is 0. The van der Waals surface area contributed by atoms with Crippen LogP contribution >= 0.6 is 12.4 Å². The SMILES string of the molecule is CC(CC(=O)NCCNC(=O)C1CC1)C1CCNCC1.Cl. The van der Waals surface area contributed by atoms with Crippen molar-refractivity contribution in [3.05, 3.63) is 0 Å². The van der Waals surface area contributed by atoms with E-state index in [0.29, 0.717) is 31.3 Å². The number of nitrogens with one attached hydrogen (secondary N) is 3. The van der Waals surface area contributed by atoms with Gasteiger partial charge in [-0.15, -0.1) is 12.4 Å². The quantitative estimate of drug-likeness (QED) is 0.615. The van der Waals surface area contributed by atoms with Gasteiger partial charge in [0.2, 0.25) is 11.8 Å². The minimum Gasteiger partial charge on any atom is -0.354 e. The lowest BCUT2D eigenvalue weighted by molar-refractivity contribution is -0.124. The van der Waals surface area contributed by atoms with Crippen molar-refractivity contribution < 1.29 is 9.59 Å². The molecule has 2 fully saturated rings. The molecule has 6 heteroatoms. The molecule has 0 aromatic carbocycles. The van der Waals surface area contributed by atoms with Crippen LogP contribution in [0.2, 0.25) is 0 Å². The van der Waals surface area contributed by atoms with Gasteiger partial charge in [0.15, 0.2) is 0 Å². The molecule has 1 unspecified atom stereocenters.